The fourth-order valence-corrected chi connectivity index (χ4v) is 2.03. The van der Waals surface area contributed by atoms with Crippen molar-refractivity contribution in [1.29, 1.82) is 0 Å². The molecule has 1 heterocycles. The van der Waals surface area contributed by atoms with Gasteiger partial charge >= 0.3 is 5.97 Å². The summed E-state index contributed by atoms with van der Waals surface area (Å²) < 4.78 is 5.35. The van der Waals surface area contributed by atoms with E-state index in [1.165, 1.54) is 18.9 Å². The lowest BCUT2D eigenvalue weighted by molar-refractivity contribution is -0.137. The zero-order chi connectivity index (χ0) is 13.4. The molecular formula is C11H13BrN2O3S. The molecule has 1 aromatic heterocycles. The van der Waals surface area contributed by atoms with Crippen molar-refractivity contribution in [3.63, 3.8) is 0 Å². The SMILES string of the molecule is COC(=O)CSCCC(=O)Nc1ccc(Br)cn1. The number of esters is 1. The van der Waals surface area contributed by atoms with Gasteiger partial charge in [-0.1, -0.05) is 0 Å². The van der Waals surface area contributed by atoms with Crippen LogP contribution in [0.15, 0.2) is 22.8 Å². The van der Waals surface area contributed by atoms with Gasteiger partial charge in [-0.15, -0.1) is 11.8 Å². The Labute approximate surface area is 118 Å². The van der Waals surface area contributed by atoms with E-state index in [0.717, 1.165) is 4.47 Å². The van der Waals surface area contributed by atoms with Gasteiger partial charge in [0, 0.05) is 22.8 Å². The van der Waals surface area contributed by atoms with Crippen LogP contribution in [0.3, 0.4) is 0 Å². The van der Waals surface area contributed by atoms with Crippen LogP contribution < -0.4 is 5.32 Å². The highest BCUT2D eigenvalue weighted by molar-refractivity contribution is 9.10. The molecule has 5 nitrogen and oxygen atoms in total. The summed E-state index contributed by atoms with van der Waals surface area (Å²) in [6.07, 6.45) is 1.95. The average Bonchev–Trinajstić information content (AvgIpc) is 2.37. The van der Waals surface area contributed by atoms with Crippen LogP contribution in [0.1, 0.15) is 6.42 Å². The number of pyridine rings is 1. The first-order valence-corrected chi connectivity index (χ1v) is 7.12. The minimum absolute atomic E-state index is 0.123. The number of hydrogen-bond donors (Lipinski definition) is 1. The third kappa shape index (κ3) is 6.02. The number of thioether (sulfide) groups is 1. The molecule has 1 rings (SSSR count). The third-order valence-corrected chi connectivity index (χ3v) is 3.32. The summed E-state index contributed by atoms with van der Waals surface area (Å²) in [7, 11) is 1.34. The van der Waals surface area contributed by atoms with E-state index in [-0.39, 0.29) is 17.6 Å². The van der Waals surface area contributed by atoms with E-state index in [4.69, 9.17) is 0 Å². The number of halogens is 1. The highest BCUT2D eigenvalue weighted by atomic mass is 79.9. The zero-order valence-corrected chi connectivity index (χ0v) is 12.2. The first-order chi connectivity index (χ1) is 8.61. The predicted octanol–water partition coefficient (Wildman–Crippen LogP) is 2.08. The maximum absolute atomic E-state index is 11.5. The minimum atomic E-state index is -0.282. The lowest BCUT2D eigenvalue weighted by atomic mass is 10.4. The molecule has 0 bridgehead atoms. The number of carbonyl (C=O) groups excluding carboxylic acids is 2. The van der Waals surface area contributed by atoms with Crippen molar-refractivity contribution >= 4 is 45.4 Å². The average molecular weight is 333 g/mol. The molecular weight excluding hydrogens is 320 g/mol. The zero-order valence-electron chi connectivity index (χ0n) is 9.81. The largest absolute Gasteiger partial charge is 0.468 e. The van der Waals surface area contributed by atoms with Gasteiger partial charge in [-0.05, 0) is 28.1 Å². The number of hydrogen-bond acceptors (Lipinski definition) is 5. The Hall–Kier alpha value is -1.08. The molecule has 0 radical (unpaired) electrons. The molecule has 1 N–H and O–H groups in total. The van der Waals surface area contributed by atoms with E-state index >= 15 is 0 Å². The number of nitrogens with zero attached hydrogens (tertiary/aromatic N) is 1. The van der Waals surface area contributed by atoms with Crippen molar-refractivity contribution in [2.45, 2.75) is 6.42 Å². The monoisotopic (exact) mass is 332 g/mol. The van der Waals surface area contributed by atoms with Gasteiger partial charge in [0.05, 0.1) is 12.9 Å². The topological polar surface area (TPSA) is 68.3 Å². The Morgan fingerprint density at radius 3 is 2.89 bits per heavy atom. The summed E-state index contributed by atoms with van der Waals surface area (Å²) in [6, 6.07) is 3.51. The Balaban J connectivity index is 2.21. The number of nitrogens with one attached hydrogen (secondary N) is 1. The van der Waals surface area contributed by atoms with Crippen molar-refractivity contribution in [3.8, 4) is 0 Å². The van der Waals surface area contributed by atoms with Crippen LogP contribution in [-0.2, 0) is 14.3 Å². The second-order valence-electron chi connectivity index (χ2n) is 3.29. The summed E-state index contributed by atoms with van der Waals surface area (Å²) in [6.45, 7) is 0. The molecule has 0 saturated heterocycles. The van der Waals surface area contributed by atoms with Gasteiger partial charge in [0.1, 0.15) is 5.82 Å². The Bertz CT molecular complexity index is 411. The molecule has 98 valence electrons. The number of methoxy groups -OCH3 is 1. The molecule has 0 unspecified atom stereocenters. The van der Waals surface area contributed by atoms with Gasteiger partial charge in [-0.2, -0.15) is 0 Å². The van der Waals surface area contributed by atoms with Gasteiger partial charge in [0.2, 0.25) is 5.91 Å². The maximum atomic E-state index is 11.5. The van der Waals surface area contributed by atoms with Crippen molar-refractivity contribution in [1.82, 2.24) is 4.98 Å². The Morgan fingerprint density at radius 1 is 1.50 bits per heavy atom. The first-order valence-electron chi connectivity index (χ1n) is 5.18. The molecule has 0 atom stereocenters. The van der Waals surface area contributed by atoms with Crippen molar-refractivity contribution < 1.29 is 14.3 Å². The van der Waals surface area contributed by atoms with Crippen LogP contribution in [0.4, 0.5) is 5.82 Å². The summed E-state index contributed by atoms with van der Waals surface area (Å²) >= 11 is 4.62. The molecule has 1 aromatic rings. The van der Waals surface area contributed by atoms with Crippen LogP contribution >= 0.6 is 27.7 Å². The Kier molecular flexibility index (Phi) is 6.74. The van der Waals surface area contributed by atoms with E-state index in [1.807, 2.05) is 0 Å². The second-order valence-corrected chi connectivity index (χ2v) is 5.31. The summed E-state index contributed by atoms with van der Waals surface area (Å²) in [5.41, 5.74) is 0. The molecule has 0 fully saturated rings. The molecule has 0 aliphatic rings. The highest BCUT2D eigenvalue weighted by Crippen LogP contribution is 2.11. The van der Waals surface area contributed by atoms with E-state index in [1.54, 1.807) is 18.3 Å². The highest BCUT2D eigenvalue weighted by Gasteiger charge is 2.05. The summed E-state index contributed by atoms with van der Waals surface area (Å²) in [5, 5.41) is 2.67. The van der Waals surface area contributed by atoms with E-state index in [9.17, 15) is 9.59 Å². The van der Waals surface area contributed by atoms with Crippen LogP contribution in [-0.4, -0.2) is 35.5 Å². The Morgan fingerprint density at radius 2 is 2.28 bits per heavy atom. The number of aromatic nitrogens is 1. The lowest BCUT2D eigenvalue weighted by Gasteiger charge is -2.04. The lowest BCUT2D eigenvalue weighted by Crippen LogP contribution is -2.13. The molecule has 0 aromatic carbocycles. The van der Waals surface area contributed by atoms with Crippen molar-refractivity contribution in [3.05, 3.63) is 22.8 Å². The minimum Gasteiger partial charge on any atom is -0.468 e. The van der Waals surface area contributed by atoms with Gasteiger partial charge in [0.15, 0.2) is 0 Å². The third-order valence-electron chi connectivity index (χ3n) is 1.92. The van der Waals surface area contributed by atoms with Crippen LogP contribution in [0.5, 0.6) is 0 Å². The number of amides is 1. The van der Waals surface area contributed by atoms with Gasteiger partial charge in [-0.25, -0.2) is 4.98 Å². The van der Waals surface area contributed by atoms with Crippen molar-refractivity contribution in [2.24, 2.45) is 0 Å². The predicted molar refractivity (Wildman–Crippen MR) is 74.5 cm³/mol. The van der Waals surface area contributed by atoms with E-state index < -0.39 is 0 Å². The number of carbonyl (C=O) groups is 2. The summed E-state index contributed by atoms with van der Waals surface area (Å²) in [5.74, 6) is 0.941. The quantitative estimate of drug-likeness (QED) is 0.638. The molecule has 0 spiro atoms. The summed E-state index contributed by atoms with van der Waals surface area (Å²) in [4.78, 5) is 26.4. The van der Waals surface area contributed by atoms with E-state index in [0.29, 0.717) is 18.0 Å². The van der Waals surface area contributed by atoms with Crippen LogP contribution in [0.25, 0.3) is 0 Å². The molecule has 0 saturated carbocycles. The van der Waals surface area contributed by atoms with E-state index in [2.05, 4.69) is 31.0 Å². The van der Waals surface area contributed by atoms with Crippen molar-refractivity contribution in [2.75, 3.05) is 23.9 Å². The molecule has 18 heavy (non-hydrogen) atoms. The van der Waals surface area contributed by atoms with Gasteiger partial charge < -0.3 is 10.1 Å². The second kappa shape index (κ2) is 8.10. The molecule has 0 aliphatic heterocycles. The normalized spacial score (nSPS) is 9.89. The molecule has 1 amide bonds. The van der Waals surface area contributed by atoms with Crippen LogP contribution in [0, 0.1) is 0 Å². The number of ether oxygens (including phenoxy) is 1. The fourth-order valence-electron chi connectivity index (χ4n) is 1.03. The van der Waals surface area contributed by atoms with Gasteiger partial charge in [-0.3, -0.25) is 9.59 Å². The first kappa shape index (κ1) is 15.0. The fraction of sp³-hybridized carbons (Fsp3) is 0.364. The standard InChI is InChI=1S/C11H13BrN2O3S/c1-17-11(16)7-18-5-4-10(15)14-9-3-2-8(12)6-13-9/h2-3,6H,4-5,7H2,1H3,(H,13,14,15). The smallest absolute Gasteiger partial charge is 0.315 e. The number of rotatable bonds is 6. The molecule has 7 heteroatoms. The van der Waals surface area contributed by atoms with Crippen LogP contribution in [0.2, 0.25) is 0 Å². The number of anilines is 1. The molecule has 0 aliphatic carbocycles. The maximum Gasteiger partial charge on any atom is 0.315 e. The van der Waals surface area contributed by atoms with Gasteiger partial charge in [0.25, 0.3) is 0 Å².